The van der Waals surface area contributed by atoms with Gasteiger partial charge in [0.15, 0.2) is 0 Å². The number of carbonyl (C=O) groups is 4. The van der Waals surface area contributed by atoms with Crippen molar-refractivity contribution in [2.24, 2.45) is 5.41 Å². The molecule has 2 amide bonds. The van der Waals surface area contributed by atoms with Crippen LogP contribution >= 0.6 is 11.6 Å². The lowest BCUT2D eigenvalue weighted by Gasteiger charge is -2.22. The molecule has 12 heteroatoms. The Balaban J connectivity index is 2.04. The molecule has 2 aromatic heterocycles. The second kappa shape index (κ2) is 13.8. The highest BCUT2D eigenvalue weighted by atomic mass is 35.5. The molecule has 0 aliphatic carbocycles. The van der Waals surface area contributed by atoms with Gasteiger partial charge in [-0.2, -0.15) is 0 Å². The molecule has 1 atom stereocenters. The summed E-state index contributed by atoms with van der Waals surface area (Å²) in [6.45, 7) is 8.72. The van der Waals surface area contributed by atoms with Crippen molar-refractivity contribution in [2.75, 3.05) is 18.5 Å². The van der Waals surface area contributed by atoms with Crippen LogP contribution in [0.25, 0.3) is 11.0 Å². The van der Waals surface area contributed by atoms with Crippen LogP contribution < -0.4 is 10.6 Å². The van der Waals surface area contributed by atoms with Crippen LogP contribution in [0, 0.1) is 17.3 Å². The van der Waals surface area contributed by atoms with Crippen molar-refractivity contribution >= 4 is 52.1 Å². The number of aromatic amines is 1. The summed E-state index contributed by atoms with van der Waals surface area (Å²) < 4.78 is 10.0. The summed E-state index contributed by atoms with van der Waals surface area (Å²) in [4.78, 5) is 62.3. The first-order valence-electron chi connectivity index (χ1n) is 13.0. The number of nitrogens with zero attached hydrogens (tertiary/aromatic N) is 2. The molecular weight excluding hydrogens is 550 g/mol. The summed E-state index contributed by atoms with van der Waals surface area (Å²) in [6, 6.07) is 1.76. The van der Waals surface area contributed by atoms with E-state index in [4.69, 9.17) is 21.1 Å². The molecule has 3 aromatic rings. The van der Waals surface area contributed by atoms with E-state index in [1.54, 1.807) is 47.0 Å². The molecular formula is C29H32ClN5O6. The number of hydrogen-bond acceptors (Lipinski definition) is 8. The van der Waals surface area contributed by atoms with Gasteiger partial charge in [0.1, 0.15) is 18.0 Å². The van der Waals surface area contributed by atoms with Gasteiger partial charge in [0.25, 0.3) is 5.91 Å². The number of aromatic nitrogens is 3. The normalized spacial score (nSPS) is 11.7. The fourth-order valence-electron chi connectivity index (χ4n) is 3.64. The van der Waals surface area contributed by atoms with Gasteiger partial charge in [0.2, 0.25) is 5.91 Å². The summed E-state index contributed by atoms with van der Waals surface area (Å²) in [5, 5.41) is 6.29. The SMILES string of the molecule is CCOC(=O)CC[C@H](NC(=O)c1ccc(Cl)c(C#Cc2c[nH]c3ncncc23)c1NC(=O)C(C)(C)C)C(=O)OCC. The van der Waals surface area contributed by atoms with E-state index in [0.29, 0.717) is 16.6 Å². The van der Waals surface area contributed by atoms with E-state index in [1.165, 1.54) is 18.5 Å². The number of ether oxygens (including phenoxy) is 2. The van der Waals surface area contributed by atoms with Gasteiger partial charge in [-0.25, -0.2) is 14.8 Å². The molecule has 0 saturated carbocycles. The number of H-pyrrole nitrogens is 1. The molecule has 11 nitrogen and oxygen atoms in total. The number of benzene rings is 1. The van der Waals surface area contributed by atoms with E-state index >= 15 is 0 Å². The molecule has 0 radical (unpaired) electrons. The number of nitrogens with one attached hydrogen (secondary N) is 3. The largest absolute Gasteiger partial charge is 0.466 e. The van der Waals surface area contributed by atoms with Gasteiger partial charge in [0.05, 0.1) is 46.0 Å². The smallest absolute Gasteiger partial charge is 0.328 e. The monoisotopic (exact) mass is 581 g/mol. The van der Waals surface area contributed by atoms with Crippen LogP contribution in [0.1, 0.15) is 68.9 Å². The summed E-state index contributed by atoms with van der Waals surface area (Å²) in [5.41, 5.74) is 0.651. The van der Waals surface area contributed by atoms with E-state index in [-0.39, 0.29) is 53.8 Å². The number of fused-ring (bicyclic) bond motifs is 1. The van der Waals surface area contributed by atoms with Gasteiger partial charge in [0, 0.05) is 24.2 Å². The van der Waals surface area contributed by atoms with Gasteiger partial charge >= 0.3 is 11.9 Å². The van der Waals surface area contributed by atoms with Gasteiger partial charge in [-0.3, -0.25) is 14.4 Å². The fraction of sp³-hybridized carbons (Fsp3) is 0.379. The van der Waals surface area contributed by atoms with Crippen molar-refractivity contribution in [1.82, 2.24) is 20.3 Å². The van der Waals surface area contributed by atoms with Crippen LogP contribution in [-0.4, -0.2) is 58.0 Å². The molecule has 41 heavy (non-hydrogen) atoms. The lowest BCUT2D eigenvalue weighted by Crippen LogP contribution is -2.42. The van der Waals surface area contributed by atoms with E-state index < -0.39 is 29.3 Å². The average molecular weight is 582 g/mol. The second-order valence-electron chi connectivity index (χ2n) is 9.91. The molecule has 0 fully saturated rings. The van der Waals surface area contributed by atoms with Crippen molar-refractivity contribution in [3.05, 3.63) is 52.6 Å². The molecule has 0 unspecified atom stereocenters. The number of esters is 2. The minimum Gasteiger partial charge on any atom is -0.466 e. The highest BCUT2D eigenvalue weighted by Crippen LogP contribution is 2.30. The Morgan fingerprint density at radius 1 is 1.10 bits per heavy atom. The van der Waals surface area contributed by atoms with Crippen LogP contribution in [0.3, 0.4) is 0 Å². The van der Waals surface area contributed by atoms with Gasteiger partial charge in [-0.15, -0.1) is 0 Å². The molecule has 0 saturated heterocycles. The van der Waals surface area contributed by atoms with Crippen molar-refractivity contribution < 1.29 is 28.7 Å². The highest BCUT2D eigenvalue weighted by molar-refractivity contribution is 6.32. The first-order valence-corrected chi connectivity index (χ1v) is 13.4. The fourth-order valence-corrected chi connectivity index (χ4v) is 3.84. The Morgan fingerprint density at radius 3 is 2.51 bits per heavy atom. The van der Waals surface area contributed by atoms with Crippen LogP contribution in [0.5, 0.6) is 0 Å². The van der Waals surface area contributed by atoms with E-state index in [0.717, 1.165) is 0 Å². The number of amides is 2. The van der Waals surface area contributed by atoms with Crippen molar-refractivity contribution in [3.8, 4) is 11.8 Å². The molecule has 216 valence electrons. The quantitative estimate of drug-likeness (QED) is 0.253. The summed E-state index contributed by atoms with van der Waals surface area (Å²) in [7, 11) is 0. The van der Waals surface area contributed by atoms with Gasteiger partial charge in [-0.1, -0.05) is 44.2 Å². The maximum absolute atomic E-state index is 13.6. The van der Waals surface area contributed by atoms with Crippen molar-refractivity contribution in [2.45, 2.75) is 53.5 Å². The summed E-state index contributed by atoms with van der Waals surface area (Å²) in [5.74, 6) is 3.68. The predicted molar refractivity (Wildman–Crippen MR) is 153 cm³/mol. The highest BCUT2D eigenvalue weighted by Gasteiger charge is 2.28. The van der Waals surface area contributed by atoms with Crippen LogP contribution in [0.15, 0.2) is 30.9 Å². The third-order valence-corrected chi connectivity index (χ3v) is 6.13. The lowest BCUT2D eigenvalue weighted by atomic mass is 9.94. The molecule has 3 N–H and O–H groups in total. The standard InChI is InChI=1S/C29H32ClN5O6/c1-6-40-23(36)13-12-22(27(38)41-7-2)34-26(37)19-10-11-21(30)18(24(19)35-28(39)29(3,4)5)9-8-17-14-32-25-20(17)15-31-16-33-25/h10-11,14-16,22H,6-7,12-13H2,1-5H3,(H,34,37)(H,35,39)(H,31,32,33)/t22-/m0/s1. The van der Waals surface area contributed by atoms with Crippen LogP contribution in [-0.2, 0) is 23.9 Å². The summed E-state index contributed by atoms with van der Waals surface area (Å²) >= 11 is 6.53. The molecule has 0 bridgehead atoms. The number of carbonyl (C=O) groups excluding carboxylic acids is 4. The number of halogens is 1. The zero-order valence-electron chi connectivity index (χ0n) is 23.5. The Hall–Kier alpha value is -4.43. The molecule has 0 aliphatic rings. The zero-order valence-corrected chi connectivity index (χ0v) is 24.3. The Labute approximate surface area is 242 Å². The van der Waals surface area contributed by atoms with Crippen molar-refractivity contribution in [1.29, 1.82) is 0 Å². The zero-order chi connectivity index (χ0) is 30.2. The minimum atomic E-state index is -1.14. The predicted octanol–water partition coefficient (Wildman–Crippen LogP) is 4.00. The van der Waals surface area contributed by atoms with E-state index in [9.17, 15) is 19.2 Å². The summed E-state index contributed by atoms with van der Waals surface area (Å²) in [6.07, 6.45) is 4.53. The molecule has 0 aliphatic heterocycles. The minimum absolute atomic E-state index is 0.0176. The topological polar surface area (TPSA) is 152 Å². The lowest BCUT2D eigenvalue weighted by molar-refractivity contribution is -0.146. The second-order valence-corrected chi connectivity index (χ2v) is 10.3. The van der Waals surface area contributed by atoms with Gasteiger partial charge in [-0.05, 0) is 32.4 Å². The maximum Gasteiger partial charge on any atom is 0.328 e. The first kappa shape index (κ1) is 31.1. The third kappa shape index (κ3) is 8.05. The molecule has 2 heterocycles. The third-order valence-electron chi connectivity index (χ3n) is 5.82. The Morgan fingerprint density at radius 2 is 1.83 bits per heavy atom. The van der Waals surface area contributed by atoms with Crippen LogP contribution in [0.4, 0.5) is 5.69 Å². The van der Waals surface area contributed by atoms with Gasteiger partial charge < -0.3 is 25.1 Å². The number of anilines is 1. The molecule has 0 spiro atoms. The number of rotatable bonds is 9. The molecule has 1 aromatic carbocycles. The molecule has 3 rings (SSSR count). The first-order chi connectivity index (χ1) is 19.5. The average Bonchev–Trinajstić information content (AvgIpc) is 3.33. The maximum atomic E-state index is 13.6. The van der Waals surface area contributed by atoms with Crippen molar-refractivity contribution in [3.63, 3.8) is 0 Å². The van der Waals surface area contributed by atoms with E-state index in [2.05, 4.69) is 37.4 Å². The number of hydrogen-bond donors (Lipinski definition) is 3. The Kier molecular flexibility index (Phi) is 10.4. The Bertz CT molecular complexity index is 1520. The van der Waals surface area contributed by atoms with E-state index in [1.807, 2.05) is 0 Å². The van der Waals surface area contributed by atoms with Crippen LogP contribution in [0.2, 0.25) is 5.02 Å².